The van der Waals surface area contributed by atoms with Crippen molar-refractivity contribution in [2.75, 3.05) is 19.5 Å². The van der Waals surface area contributed by atoms with Gasteiger partial charge in [0.1, 0.15) is 0 Å². The molecule has 0 bridgehead atoms. The molecule has 0 fully saturated rings. The average molecular weight is 181 g/mol. The van der Waals surface area contributed by atoms with Crippen LogP contribution in [0.25, 0.3) is 0 Å². The van der Waals surface area contributed by atoms with Crippen molar-refractivity contribution in [2.24, 2.45) is 5.73 Å². The zero-order chi connectivity index (χ0) is 9.90. The van der Waals surface area contributed by atoms with Gasteiger partial charge < -0.3 is 16.2 Å². The SMILES string of the molecule is COC[C@](C)(N)c1cncc(N)c1. The first kappa shape index (κ1) is 9.95. The van der Waals surface area contributed by atoms with E-state index in [2.05, 4.69) is 4.98 Å². The minimum absolute atomic E-state index is 0.443. The summed E-state index contributed by atoms with van der Waals surface area (Å²) in [5.41, 5.74) is 12.6. The number of aromatic nitrogens is 1. The summed E-state index contributed by atoms with van der Waals surface area (Å²) in [5, 5.41) is 0. The molecule has 0 spiro atoms. The number of nitrogens with zero attached hydrogens (tertiary/aromatic N) is 1. The van der Waals surface area contributed by atoms with Crippen molar-refractivity contribution in [3.63, 3.8) is 0 Å². The minimum Gasteiger partial charge on any atom is -0.397 e. The third-order valence-corrected chi connectivity index (χ3v) is 1.86. The molecular weight excluding hydrogens is 166 g/mol. The van der Waals surface area contributed by atoms with Crippen molar-refractivity contribution in [3.05, 3.63) is 24.0 Å². The molecule has 72 valence electrons. The third kappa shape index (κ3) is 2.40. The second kappa shape index (κ2) is 3.72. The van der Waals surface area contributed by atoms with Gasteiger partial charge in [-0.15, -0.1) is 0 Å². The molecule has 4 nitrogen and oxygen atoms in total. The Hall–Kier alpha value is -1.13. The highest BCUT2D eigenvalue weighted by Gasteiger charge is 2.21. The normalized spacial score (nSPS) is 15.3. The van der Waals surface area contributed by atoms with E-state index in [9.17, 15) is 0 Å². The maximum atomic E-state index is 6.00. The first-order valence-electron chi connectivity index (χ1n) is 4.05. The fourth-order valence-corrected chi connectivity index (χ4v) is 1.15. The minimum atomic E-state index is -0.531. The molecule has 0 aliphatic carbocycles. The maximum Gasteiger partial charge on any atom is 0.0682 e. The van der Waals surface area contributed by atoms with Crippen molar-refractivity contribution >= 4 is 5.69 Å². The number of ether oxygens (including phenoxy) is 1. The first-order chi connectivity index (χ1) is 6.06. The van der Waals surface area contributed by atoms with Crippen molar-refractivity contribution in [2.45, 2.75) is 12.5 Å². The van der Waals surface area contributed by atoms with Gasteiger partial charge in [0, 0.05) is 19.5 Å². The highest BCUT2D eigenvalue weighted by Crippen LogP contribution is 2.18. The molecule has 0 unspecified atom stereocenters. The van der Waals surface area contributed by atoms with E-state index in [4.69, 9.17) is 16.2 Å². The molecule has 1 aromatic heterocycles. The number of hydrogen-bond acceptors (Lipinski definition) is 4. The van der Waals surface area contributed by atoms with Crippen molar-refractivity contribution < 1.29 is 4.74 Å². The van der Waals surface area contributed by atoms with E-state index in [0.717, 1.165) is 5.56 Å². The van der Waals surface area contributed by atoms with Crippen LogP contribution in [0.2, 0.25) is 0 Å². The fraction of sp³-hybridized carbons (Fsp3) is 0.444. The number of nitrogens with two attached hydrogens (primary N) is 2. The predicted octanol–water partition coefficient (Wildman–Crippen LogP) is 0.484. The van der Waals surface area contributed by atoms with Gasteiger partial charge in [-0.1, -0.05) is 0 Å². The van der Waals surface area contributed by atoms with Crippen LogP contribution in [0.4, 0.5) is 5.69 Å². The van der Waals surface area contributed by atoms with E-state index in [-0.39, 0.29) is 0 Å². The van der Waals surface area contributed by atoms with Crippen LogP contribution in [0.3, 0.4) is 0 Å². The number of rotatable bonds is 3. The van der Waals surface area contributed by atoms with Crippen LogP contribution < -0.4 is 11.5 Å². The Morgan fingerprint density at radius 2 is 2.23 bits per heavy atom. The van der Waals surface area contributed by atoms with Crippen LogP contribution >= 0.6 is 0 Å². The number of methoxy groups -OCH3 is 1. The standard InChI is InChI=1S/C9H15N3O/c1-9(11,6-13-2)7-3-8(10)5-12-4-7/h3-5H,6,10-11H2,1-2H3/t9-/m0/s1. The van der Waals surface area contributed by atoms with Crippen LogP contribution in [-0.2, 0) is 10.3 Å². The first-order valence-corrected chi connectivity index (χ1v) is 4.05. The molecule has 0 saturated heterocycles. The summed E-state index contributed by atoms with van der Waals surface area (Å²) in [5.74, 6) is 0. The van der Waals surface area contributed by atoms with Gasteiger partial charge in [-0.05, 0) is 18.6 Å². The second-order valence-electron chi connectivity index (χ2n) is 3.36. The summed E-state index contributed by atoms with van der Waals surface area (Å²) in [7, 11) is 1.62. The van der Waals surface area contributed by atoms with Gasteiger partial charge >= 0.3 is 0 Å². The summed E-state index contributed by atoms with van der Waals surface area (Å²) in [6.07, 6.45) is 3.29. The molecule has 13 heavy (non-hydrogen) atoms. The summed E-state index contributed by atoms with van der Waals surface area (Å²) in [4.78, 5) is 3.97. The quantitative estimate of drug-likeness (QED) is 0.711. The lowest BCUT2D eigenvalue weighted by Gasteiger charge is -2.23. The van der Waals surface area contributed by atoms with Crippen molar-refractivity contribution in [1.29, 1.82) is 0 Å². The molecule has 0 aromatic carbocycles. The van der Waals surface area contributed by atoms with E-state index >= 15 is 0 Å². The van der Waals surface area contributed by atoms with E-state index in [0.29, 0.717) is 12.3 Å². The van der Waals surface area contributed by atoms with Crippen LogP contribution in [0.15, 0.2) is 18.5 Å². The molecular formula is C9H15N3O. The number of pyridine rings is 1. The Labute approximate surface area is 77.9 Å². The number of hydrogen-bond donors (Lipinski definition) is 2. The van der Waals surface area contributed by atoms with Crippen LogP contribution in [0, 0.1) is 0 Å². The Morgan fingerprint density at radius 1 is 1.54 bits per heavy atom. The molecule has 4 heteroatoms. The van der Waals surface area contributed by atoms with E-state index < -0.39 is 5.54 Å². The van der Waals surface area contributed by atoms with Gasteiger partial charge in [0.05, 0.1) is 17.8 Å². The monoisotopic (exact) mass is 181 g/mol. The third-order valence-electron chi connectivity index (χ3n) is 1.86. The summed E-state index contributed by atoms with van der Waals surface area (Å²) >= 11 is 0. The smallest absolute Gasteiger partial charge is 0.0682 e. The Morgan fingerprint density at radius 3 is 2.77 bits per heavy atom. The summed E-state index contributed by atoms with van der Waals surface area (Å²) in [6.45, 7) is 2.32. The van der Waals surface area contributed by atoms with Gasteiger partial charge in [-0.2, -0.15) is 0 Å². The van der Waals surface area contributed by atoms with E-state index in [1.807, 2.05) is 13.0 Å². The van der Waals surface area contributed by atoms with E-state index in [1.165, 1.54) is 0 Å². The molecule has 0 radical (unpaired) electrons. The summed E-state index contributed by atoms with van der Waals surface area (Å²) < 4.78 is 5.01. The molecule has 0 aliphatic rings. The predicted molar refractivity (Wildman–Crippen MR) is 52.1 cm³/mol. The molecule has 1 atom stereocenters. The highest BCUT2D eigenvalue weighted by atomic mass is 16.5. The maximum absolute atomic E-state index is 6.00. The average Bonchev–Trinajstić information content (AvgIpc) is 2.04. The Bertz CT molecular complexity index is 286. The van der Waals surface area contributed by atoms with Crippen molar-refractivity contribution in [1.82, 2.24) is 4.98 Å². The topological polar surface area (TPSA) is 74.2 Å². The van der Waals surface area contributed by atoms with Crippen LogP contribution in [0.5, 0.6) is 0 Å². The lowest BCUT2D eigenvalue weighted by molar-refractivity contribution is 0.141. The molecule has 4 N–H and O–H groups in total. The molecule has 1 aromatic rings. The van der Waals surface area contributed by atoms with Crippen molar-refractivity contribution in [3.8, 4) is 0 Å². The van der Waals surface area contributed by atoms with E-state index in [1.54, 1.807) is 19.5 Å². The second-order valence-corrected chi connectivity index (χ2v) is 3.36. The van der Waals surface area contributed by atoms with Gasteiger partial charge in [0.2, 0.25) is 0 Å². The van der Waals surface area contributed by atoms with Gasteiger partial charge in [0.15, 0.2) is 0 Å². The van der Waals surface area contributed by atoms with Gasteiger partial charge in [-0.25, -0.2) is 0 Å². The van der Waals surface area contributed by atoms with Crippen LogP contribution in [-0.4, -0.2) is 18.7 Å². The lowest BCUT2D eigenvalue weighted by Crippen LogP contribution is -2.37. The molecule has 0 amide bonds. The summed E-state index contributed by atoms with van der Waals surface area (Å²) in [6, 6.07) is 1.81. The molecule has 1 rings (SSSR count). The van der Waals surface area contributed by atoms with Crippen LogP contribution in [0.1, 0.15) is 12.5 Å². The molecule has 0 aliphatic heterocycles. The zero-order valence-corrected chi connectivity index (χ0v) is 7.95. The largest absolute Gasteiger partial charge is 0.397 e. The van der Waals surface area contributed by atoms with Gasteiger partial charge in [-0.3, -0.25) is 4.98 Å². The fourth-order valence-electron chi connectivity index (χ4n) is 1.15. The zero-order valence-electron chi connectivity index (χ0n) is 7.95. The van der Waals surface area contributed by atoms with Gasteiger partial charge in [0.25, 0.3) is 0 Å². The Balaban J connectivity index is 2.93. The lowest BCUT2D eigenvalue weighted by atomic mass is 9.96. The Kier molecular flexibility index (Phi) is 2.85. The molecule has 1 heterocycles. The molecule has 0 saturated carbocycles. The highest BCUT2D eigenvalue weighted by molar-refractivity contribution is 5.39. The number of nitrogen functional groups attached to an aromatic ring is 1. The number of anilines is 1.